The third-order valence-corrected chi connectivity index (χ3v) is 7.28. The normalized spacial score (nSPS) is 21.3. The van der Waals surface area contributed by atoms with Gasteiger partial charge in [0.1, 0.15) is 5.37 Å². The molecule has 1 aromatic rings. The van der Waals surface area contributed by atoms with Gasteiger partial charge in [-0.1, -0.05) is 32.0 Å². The minimum absolute atomic E-state index is 0.0549. The summed E-state index contributed by atoms with van der Waals surface area (Å²) in [5.74, 6) is 1.76. The number of hydrogen-bond acceptors (Lipinski definition) is 5. The van der Waals surface area contributed by atoms with Crippen LogP contribution < -0.4 is 10.6 Å². The molecule has 0 aromatic heterocycles. The topological polar surface area (TPSA) is 63.4 Å². The highest BCUT2D eigenvalue weighted by molar-refractivity contribution is 8.01. The van der Waals surface area contributed by atoms with E-state index in [0.29, 0.717) is 5.75 Å². The second-order valence-electron chi connectivity index (χ2n) is 5.25. The Balaban J connectivity index is 2.43. The van der Waals surface area contributed by atoms with Gasteiger partial charge in [0.05, 0.1) is 0 Å². The van der Waals surface area contributed by atoms with Crippen LogP contribution in [0.5, 0.6) is 0 Å². The SMILES string of the molecule is CCC(N)c1ccccc1N1CCSCC1S(=O)(=O)CC. The summed E-state index contributed by atoms with van der Waals surface area (Å²) in [6, 6.07) is 7.88. The van der Waals surface area contributed by atoms with E-state index < -0.39 is 15.2 Å². The zero-order valence-corrected chi connectivity index (χ0v) is 14.3. The van der Waals surface area contributed by atoms with Crippen molar-refractivity contribution in [3.63, 3.8) is 0 Å². The molecule has 4 nitrogen and oxygen atoms in total. The van der Waals surface area contributed by atoms with E-state index >= 15 is 0 Å². The highest BCUT2D eigenvalue weighted by Crippen LogP contribution is 2.32. The van der Waals surface area contributed by atoms with Crippen molar-refractivity contribution < 1.29 is 8.42 Å². The van der Waals surface area contributed by atoms with Crippen molar-refractivity contribution in [2.24, 2.45) is 5.73 Å². The van der Waals surface area contributed by atoms with Gasteiger partial charge in [0, 0.05) is 35.5 Å². The van der Waals surface area contributed by atoms with E-state index in [2.05, 4.69) is 0 Å². The van der Waals surface area contributed by atoms with Crippen molar-refractivity contribution in [1.82, 2.24) is 0 Å². The fourth-order valence-corrected chi connectivity index (χ4v) is 5.61. The molecule has 2 rings (SSSR count). The quantitative estimate of drug-likeness (QED) is 0.899. The summed E-state index contributed by atoms with van der Waals surface area (Å²) in [6.07, 6.45) is 0.838. The number of benzene rings is 1. The van der Waals surface area contributed by atoms with Gasteiger partial charge < -0.3 is 10.6 Å². The smallest absolute Gasteiger partial charge is 0.171 e. The van der Waals surface area contributed by atoms with Gasteiger partial charge in [-0.05, 0) is 18.1 Å². The Kier molecular flexibility index (Phi) is 5.57. The number of anilines is 1. The lowest BCUT2D eigenvalue weighted by Gasteiger charge is -2.38. The number of sulfone groups is 1. The Morgan fingerprint density at radius 2 is 2.10 bits per heavy atom. The number of thioether (sulfide) groups is 1. The Morgan fingerprint density at radius 1 is 1.38 bits per heavy atom. The van der Waals surface area contributed by atoms with Crippen LogP contribution in [0.4, 0.5) is 5.69 Å². The Labute approximate surface area is 132 Å². The summed E-state index contributed by atoms with van der Waals surface area (Å²) in [7, 11) is -3.10. The van der Waals surface area contributed by atoms with E-state index in [1.807, 2.05) is 36.1 Å². The number of hydrogen-bond donors (Lipinski definition) is 1. The summed E-state index contributed by atoms with van der Waals surface area (Å²) < 4.78 is 24.8. The second-order valence-corrected chi connectivity index (χ2v) is 8.85. The molecule has 0 amide bonds. The van der Waals surface area contributed by atoms with Crippen LogP contribution in [0, 0.1) is 0 Å². The molecular formula is C15H24N2O2S2. The van der Waals surface area contributed by atoms with Crippen molar-refractivity contribution in [2.45, 2.75) is 31.7 Å². The zero-order chi connectivity index (χ0) is 15.5. The number of nitrogens with zero attached hydrogens (tertiary/aromatic N) is 1. The predicted octanol–water partition coefficient (Wildman–Crippen LogP) is 2.41. The van der Waals surface area contributed by atoms with Crippen molar-refractivity contribution in [3.05, 3.63) is 29.8 Å². The minimum Gasteiger partial charge on any atom is -0.353 e. The van der Waals surface area contributed by atoms with Crippen molar-refractivity contribution in [2.75, 3.05) is 28.7 Å². The van der Waals surface area contributed by atoms with Gasteiger partial charge in [-0.25, -0.2) is 8.42 Å². The first kappa shape index (κ1) is 16.6. The maximum Gasteiger partial charge on any atom is 0.171 e. The molecule has 2 unspecified atom stereocenters. The molecule has 118 valence electrons. The van der Waals surface area contributed by atoms with E-state index in [-0.39, 0.29) is 11.8 Å². The Bertz CT molecular complexity index is 575. The highest BCUT2D eigenvalue weighted by atomic mass is 32.2. The molecule has 0 spiro atoms. The molecule has 1 aliphatic rings. The number of para-hydroxylation sites is 1. The molecule has 1 fully saturated rings. The molecule has 2 atom stereocenters. The first-order valence-electron chi connectivity index (χ1n) is 7.41. The molecule has 1 heterocycles. The highest BCUT2D eigenvalue weighted by Gasteiger charge is 2.34. The molecule has 1 aromatic carbocycles. The molecule has 0 saturated carbocycles. The van der Waals surface area contributed by atoms with Crippen LogP contribution in [0.25, 0.3) is 0 Å². The number of rotatable bonds is 5. The summed E-state index contributed by atoms with van der Waals surface area (Å²) in [4.78, 5) is 2.04. The van der Waals surface area contributed by atoms with E-state index in [4.69, 9.17) is 5.73 Å². The van der Waals surface area contributed by atoms with Crippen LogP contribution in [0.2, 0.25) is 0 Å². The van der Waals surface area contributed by atoms with E-state index in [9.17, 15) is 8.42 Å². The summed E-state index contributed by atoms with van der Waals surface area (Å²) >= 11 is 1.71. The average molecular weight is 329 g/mol. The van der Waals surface area contributed by atoms with E-state index in [1.165, 1.54) is 0 Å². The third-order valence-electron chi connectivity index (χ3n) is 3.99. The largest absolute Gasteiger partial charge is 0.353 e. The molecular weight excluding hydrogens is 304 g/mol. The second kappa shape index (κ2) is 7.03. The van der Waals surface area contributed by atoms with Gasteiger partial charge in [0.25, 0.3) is 0 Å². The maximum atomic E-state index is 12.4. The summed E-state index contributed by atoms with van der Waals surface area (Å²) in [6.45, 7) is 4.52. The van der Waals surface area contributed by atoms with Crippen LogP contribution >= 0.6 is 11.8 Å². The Morgan fingerprint density at radius 3 is 2.76 bits per heavy atom. The van der Waals surface area contributed by atoms with Gasteiger partial charge in [0.2, 0.25) is 0 Å². The molecule has 1 saturated heterocycles. The van der Waals surface area contributed by atoms with E-state index in [0.717, 1.165) is 30.0 Å². The van der Waals surface area contributed by atoms with Crippen molar-refractivity contribution >= 4 is 27.3 Å². The summed E-state index contributed by atoms with van der Waals surface area (Å²) in [5.41, 5.74) is 8.23. The molecule has 2 N–H and O–H groups in total. The van der Waals surface area contributed by atoms with Crippen LogP contribution in [0.15, 0.2) is 24.3 Å². The predicted molar refractivity (Wildman–Crippen MR) is 91.6 cm³/mol. The fourth-order valence-electron chi connectivity index (χ4n) is 2.63. The molecule has 0 bridgehead atoms. The fraction of sp³-hybridized carbons (Fsp3) is 0.600. The lowest BCUT2D eigenvalue weighted by atomic mass is 10.0. The lowest BCUT2D eigenvalue weighted by Crippen LogP contribution is -2.48. The monoisotopic (exact) mass is 328 g/mol. The van der Waals surface area contributed by atoms with Gasteiger partial charge in [-0.2, -0.15) is 11.8 Å². The average Bonchev–Trinajstić information content (AvgIpc) is 2.54. The van der Waals surface area contributed by atoms with Crippen LogP contribution in [-0.2, 0) is 9.84 Å². The molecule has 1 aliphatic heterocycles. The van der Waals surface area contributed by atoms with E-state index in [1.54, 1.807) is 18.7 Å². The van der Waals surface area contributed by atoms with Gasteiger partial charge in [-0.15, -0.1) is 0 Å². The molecule has 0 aliphatic carbocycles. The van der Waals surface area contributed by atoms with Crippen molar-refractivity contribution in [3.8, 4) is 0 Å². The van der Waals surface area contributed by atoms with Crippen LogP contribution in [0.3, 0.4) is 0 Å². The van der Waals surface area contributed by atoms with Gasteiger partial charge in [0.15, 0.2) is 9.84 Å². The third kappa shape index (κ3) is 3.55. The number of nitrogens with two attached hydrogens (primary N) is 1. The van der Waals surface area contributed by atoms with Crippen molar-refractivity contribution in [1.29, 1.82) is 0 Å². The van der Waals surface area contributed by atoms with Gasteiger partial charge >= 0.3 is 0 Å². The molecule has 6 heteroatoms. The van der Waals surface area contributed by atoms with Crippen LogP contribution in [-0.4, -0.2) is 37.6 Å². The lowest BCUT2D eigenvalue weighted by molar-refractivity contribution is 0.578. The standard InChI is InChI=1S/C15H24N2O2S2/c1-3-13(16)12-7-5-6-8-14(12)17-9-10-20-11-15(17)21(18,19)4-2/h5-8,13,15H,3-4,9-11,16H2,1-2H3. The Hall–Kier alpha value is -0.720. The van der Waals surface area contributed by atoms with Gasteiger partial charge in [-0.3, -0.25) is 0 Å². The maximum absolute atomic E-state index is 12.4. The minimum atomic E-state index is -3.10. The van der Waals surface area contributed by atoms with Crippen LogP contribution in [0.1, 0.15) is 31.9 Å². The first-order valence-corrected chi connectivity index (χ1v) is 10.3. The first-order chi connectivity index (χ1) is 10.0. The summed E-state index contributed by atoms with van der Waals surface area (Å²) in [5, 5.41) is -0.438. The zero-order valence-electron chi connectivity index (χ0n) is 12.7. The molecule has 21 heavy (non-hydrogen) atoms. The molecule has 0 radical (unpaired) electrons.